The maximum atomic E-state index is 6.04. The van der Waals surface area contributed by atoms with Crippen LogP contribution in [0.1, 0.15) is 139 Å². The molecule has 2 heteroatoms. The summed E-state index contributed by atoms with van der Waals surface area (Å²) in [5, 5.41) is 0. The van der Waals surface area contributed by atoms with Crippen LogP contribution in [0, 0.1) is 11.8 Å². The van der Waals surface area contributed by atoms with Gasteiger partial charge in [0.1, 0.15) is 0 Å². The van der Waals surface area contributed by atoms with Gasteiger partial charge in [0.2, 0.25) is 0 Å². The monoisotopic (exact) mass is 384 g/mol. The van der Waals surface area contributed by atoms with E-state index in [1.165, 1.54) is 83.5 Å². The van der Waals surface area contributed by atoms with Crippen molar-refractivity contribution in [3.8, 4) is 0 Å². The molecule has 0 saturated heterocycles. The molecule has 0 aromatic heterocycles. The Kier molecular flexibility index (Phi) is 18.2. The summed E-state index contributed by atoms with van der Waals surface area (Å²) in [4.78, 5) is 0. The fraction of sp³-hybridized carbons (Fsp3) is 1.00. The summed E-state index contributed by atoms with van der Waals surface area (Å²) in [5.74, 6) is 1.29. The number of unbranched alkanes of at least 4 members (excludes halogenated alkanes) is 9. The van der Waals surface area contributed by atoms with Crippen LogP contribution in [0.15, 0.2) is 0 Å². The first kappa shape index (κ1) is 29.1. The molecule has 0 aromatic carbocycles. The van der Waals surface area contributed by atoms with Crippen LogP contribution < -0.4 is 11.5 Å². The van der Waals surface area contributed by atoms with Crippen molar-refractivity contribution in [2.24, 2.45) is 23.3 Å². The van der Waals surface area contributed by atoms with E-state index in [2.05, 4.69) is 55.4 Å². The summed E-state index contributed by atoms with van der Waals surface area (Å²) in [6, 6.07) is 0. The van der Waals surface area contributed by atoms with E-state index >= 15 is 0 Å². The number of rotatable bonds is 15. The Balaban J connectivity index is 0. The van der Waals surface area contributed by atoms with Crippen molar-refractivity contribution in [2.75, 3.05) is 0 Å². The lowest BCUT2D eigenvalue weighted by molar-refractivity contribution is 0.316. The quantitative estimate of drug-likeness (QED) is 0.283. The third-order valence-corrected chi connectivity index (χ3v) is 6.27. The summed E-state index contributed by atoms with van der Waals surface area (Å²) in [7, 11) is 0. The molecule has 4 N–H and O–H groups in total. The topological polar surface area (TPSA) is 52.0 Å². The first-order chi connectivity index (χ1) is 12.5. The van der Waals surface area contributed by atoms with Crippen molar-refractivity contribution in [2.45, 2.75) is 150 Å². The Bertz CT molecular complexity index is 298. The molecule has 0 fully saturated rings. The number of hydrogen-bond donors (Lipinski definition) is 2. The van der Waals surface area contributed by atoms with Crippen molar-refractivity contribution < 1.29 is 0 Å². The zero-order valence-corrected chi connectivity index (χ0v) is 20.5. The van der Waals surface area contributed by atoms with Gasteiger partial charge >= 0.3 is 0 Å². The van der Waals surface area contributed by atoms with Gasteiger partial charge in [-0.25, -0.2) is 0 Å². The van der Waals surface area contributed by atoms with E-state index in [0.717, 1.165) is 0 Å². The smallest absolute Gasteiger partial charge is 0.0123 e. The minimum Gasteiger partial charge on any atom is -0.325 e. The van der Waals surface area contributed by atoms with Gasteiger partial charge in [-0.1, -0.05) is 98.3 Å². The van der Waals surface area contributed by atoms with Crippen LogP contribution in [0.5, 0.6) is 0 Å². The van der Waals surface area contributed by atoms with Crippen LogP contribution in [0.2, 0.25) is 0 Å². The van der Waals surface area contributed by atoms with Gasteiger partial charge in [0, 0.05) is 11.1 Å². The van der Waals surface area contributed by atoms with Crippen LogP contribution >= 0.6 is 0 Å². The van der Waals surface area contributed by atoms with Gasteiger partial charge in [-0.05, 0) is 52.4 Å². The highest BCUT2D eigenvalue weighted by Gasteiger charge is 2.20. The fourth-order valence-corrected chi connectivity index (χ4v) is 3.03. The summed E-state index contributed by atoms with van der Waals surface area (Å²) in [5.41, 5.74) is 12.1. The van der Waals surface area contributed by atoms with Crippen molar-refractivity contribution >= 4 is 0 Å². The highest BCUT2D eigenvalue weighted by Crippen LogP contribution is 2.21. The minimum atomic E-state index is 0.00339. The van der Waals surface area contributed by atoms with E-state index in [-0.39, 0.29) is 11.1 Å². The average molecular weight is 385 g/mol. The molecule has 0 aliphatic carbocycles. The van der Waals surface area contributed by atoms with Crippen LogP contribution in [0.25, 0.3) is 0 Å². The van der Waals surface area contributed by atoms with Crippen molar-refractivity contribution in [1.29, 1.82) is 0 Å². The Morgan fingerprint density at radius 2 is 0.778 bits per heavy atom. The van der Waals surface area contributed by atoms with E-state index in [4.69, 9.17) is 11.5 Å². The lowest BCUT2D eigenvalue weighted by Gasteiger charge is -2.27. The van der Waals surface area contributed by atoms with Gasteiger partial charge in [0.05, 0.1) is 0 Å². The van der Waals surface area contributed by atoms with Crippen LogP contribution in [-0.4, -0.2) is 11.1 Å². The van der Waals surface area contributed by atoms with Gasteiger partial charge in [0.15, 0.2) is 0 Å². The molecule has 0 spiro atoms. The van der Waals surface area contributed by atoms with E-state index < -0.39 is 0 Å². The summed E-state index contributed by atoms with van der Waals surface area (Å²) < 4.78 is 0. The van der Waals surface area contributed by atoms with Crippen LogP contribution in [0.4, 0.5) is 0 Å². The van der Waals surface area contributed by atoms with E-state index in [0.29, 0.717) is 11.8 Å². The standard InChI is InChI=1S/C13H29N.C12H27N/c1-5-6-7-8-9-10-11-12(2)13(3,4)14;1-5-6-7-8-9-10-11(2)12(3,4)13/h12H,5-11,14H2,1-4H3;11H,5-10,13H2,1-4H3. The molecule has 0 rings (SSSR count). The summed E-state index contributed by atoms with van der Waals surface area (Å²) in [6.07, 6.45) is 17.7. The Hall–Kier alpha value is -0.0800. The highest BCUT2D eigenvalue weighted by atomic mass is 14.7. The second-order valence-electron chi connectivity index (χ2n) is 10.2. The van der Waals surface area contributed by atoms with Gasteiger partial charge in [-0.15, -0.1) is 0 Å². The van der Waals surface area contributed by atoms with Gasteiger partial charge in [-0.2, -0.15) is 0 Å². The molecule has 0 radical (unpaired) electrons. The molecule has 0 amide bonds. The molecular weight excluding hydrogens is 328 g/mol. The molecule has 2 atom stereocenters. The van der Waals surface area contributed by atoms with Gasteiger partial charge < -0.3 is 11.5 Å². The van der Waals surface area contributed by atoms with Crippen molar-refractivity contribution in [3.63, 3.8) is 0 Å². The van der Waals surface area contributed by atoms with Gasteiger partial charge in [0.25, 0.3) is 0 Å². The Morgan fingerprint density at radius 3 is 1.04 bits per heavy atom. The molecule has 0 aromatic rings. The molecule has 2 nitrogen and oxygen atoms in total. The Labute approximate surface area is 173 Å². The first-order valence-electron chi connectivity index (χ1n) is 12.0. The number of nitrogens with two attached hydrogens (primary N) is 2. The van der Waals surface area contributed by atoms with Crippen molar-refractivity contribution in [3.05, 3.63) is 0 Å². The lowest BCUT2D eigenvalue weighted by Crippen LogP contribution is -2.39. The lowest BCUT2D eigenvalue weighted by atomic mass is 9.86. The highest BCUT2D eigenvalue weighted by molar-refractivity contribution is 4.79. The molecule has 0 aliphatic heterocycles. The molecule has 0 heterocycles. The molecule has 27 heavy (non-hydrogen) atoms. The fourth-order valence-electron chi connectivity index (χ4n) is 3.03. The van der Waals surface area contributed by atoms with E-state index in [9.17, 15) is 0 Å². The second kappa shape index (κ2) is 16.8. The normalized spacial score (nSPS) is 14.4. The molecule has 0 aliphatic rings. The molecule has 0 bridgehead atoms. The zero-order valence-electron chi connectivity index (χ0n) is 20.5. The number of hydrogen-bond acceptors (Lipinski definition) is 2. The third kappa shape index (κ3) is 20.5. The minimum absolute atomic E-state index is 0.00339. The predicted octanol–water partition coefficient (Wildman–Crippen LogP) is 7.83. The summed E-state index contributed by atoms with van der Waals surface area (Å²) >= 11 is 0. The Morgan fingerprint density at radius 1 is 0.519 bits per heavy atom. The van der Waals surface area contributed by atoms with Crippen LogP contribution in [-0.2, 0) is 0 Å². The molecule has 0 saturated carbocycles. The van der Waals surface area contributed by atoms with Crippen LogP contribution in [0.3, 0.4) is 0 Å². The summed E-state index contributed by atoms with van der Waals surface area (Å²) in [6.45, 7) is 17.6. The largest absolute Gasteiger partial charge is 0.325 e. The third-order valence-electron chi connectivity index (χ3n) is 6.27. The molecular formula is C25H56N2. The van der Waals surface area contributed by atoms with E-state index in [1.807, 2.05) is 0 Å². The maximum Gasteiger partial charge on any atom is 0.0123 e. The maximum absolute atomic E-state index is 6.04. The zero-order chi connectivity index (χ0) is 21.3. The van der Waals surface area contributed by atoms with Crippen molar-refractivity contribution in [1.82, 2.24) is 0 Å². The first-order valence-corrected chi connectivity index (χ1v) is 12.0. The molecule has 2 unspecified atom stereocenters. The molecule has 166 valence electrons. The average Bonchev–Trinajstić information content (AvgIpc) is 2.56. The SMILES string of the molecule is CCCCCCCC(C)C(C)(C)N.CCCCCCCCC(C)C(C)(C)N. The van der Waals surface area contributed by atoms with Gasteiger partial charge in [-0.3, -0.25) is 0 Å². The second-order valence-corrected chi connectivity index (χ2v) is 10.2. The predicted molar refractivity (Wildman–Crippen MR) is 126 cm³/mol. The van der Waals surface area contributed by atoms with E-state index in [1.54, 1.807) is 0 Å².